The van der Waals surface area contributed by atoms with Gasteiger partial charge in [0.2, 0.25) is 0 Å². The number of hydrogen-bond acceptors (Lipinski definition) is 3. The van der Waals surface area contributed by atoms with Gasteiger partial charge in [0.1, 0.15) is 5.75 Å². The van der Waals surface area contributed by atoms with Crippen molar-refractivity contribution < 1.29 is 14.6 Å². The van der Waals surface area contributed by atoms with Crippen LogP contribution >= 0.6 is 0 Å². The fourth-order valence-electron chi connectivity index (χ4n) is 2.27. The van der Waals surface area contributed by atoms with Crippen molar-refractivity contribution in [2.24, 2.45) is 5.41 Å². The van der Waals surface area contributed by atoms with Crippen LogP contribution in [0.4, 0.5) is 0 Å². The van der Waals surface area contributed by atoms with Gasteiger partial charge in [-0.3, -0.25) is 4.79 Å². The van der Waals surface area contributed by atoms with Gasteiger partial charge < -0.3 is 15.2 Å². The van der Waals surface area contributed by atoms with E-state index in [1.807, 2.05) is 0 Å². The molecule has 1 heterocycles. The topological polar surface area (TPSA) is 58.6 Å². The van der Waals surface area contributed by atoms with Crippen LogP contribution in [-0.4, -0.2) is 30.8 Å². The summed E-state index contributed by atoms with van der Waals surface area (Å²) in [5.41, 5.74) is 1.15. The maximum Gasteiger partial charge on any atom is 0.255 e. The summed E-state index contributed by atoms with van der Waals surface area (Å²) in [5.74, 6) is -0.147. The molecule has 104 valence electrons. The van der Waals surface area contributed by atoms with Crippen LogP contribution in [-0.2, 0) is 4.74 Å². The van der Waals surface area contributed by atoms with Crippen LogP contribution in [0, 0.1) is 12.3 Å². The first-order valence-corrected chi connectivity index (χ1v) is 6.66. The molecule has 1 aliphatic rings. The molecule has 2 rings (SSSR count). The van der Waals surface area contributed by atoms with Crippen molar-refractivity contribution in [1.82, 2.24) is 5.32 Å². The van der Waals surface area contributed by atoms with E-state index in [4.69, 9.17) is 4.74 Å². The molecule has 0 atom stereocenters. The number of para-hydroxylation sites is 1. The minimum absolute atomic E-state index is 0.0668. The van der Waals surface area contributed by atoms with E-state index in [2.05, 4.69) is 12.2 Å². The fraction of sp³-hybridized carbons (Fsp3) is 0.533. The van der Waals surface area contributed by atoms with Crippen LogP contribution in [0.2, 0.25) is 0 Å². The highest BCUT2D eigenvalue weighted by molar-refractivity contribution is 5.97. The zero-order valence-corrected chi connectivity index (χ0v) is 11.5. The summed E-state index contributed by atoms with van der Waals surface area (Å²) in [6, 6.07) is 5.20. The molecule has 1 aromatic carbocycles. The van der Waals surface area contributed by atoms with Gasteiger partial charge in [0.05, 0.1) is 5.56 Å². The third-order valence-electron chi connectivity index (χ3n) is 3.86. The number of nitrogens with one attached hydrogen (secondary N) is 1. The van der Waals surface area contributed by atoms with Gasteiger partial charge in [-0.2, -0.15) is 0 Å². The molecule has 2 N–H and O–H groups in total. The number of aromatic hydroxyl groups is 1. The number of carbonyl (C=O) groups is 1. The number of ether oxygens (including phenoxy) is 1. The van der Waals surface area contributed by atoms with E-state index < -0.39 is 0 Å². The molecule has 1 saturated heterocycles. The Bertz CT molecular complexity index is 464. The van der Waals surface area contributed by atoms with Crippen molar-refractivity contribution >= 4 is 5.91 Å². The molecule has 1 fully saturated rings. The first kappa shape index (κ1) is 13.9. The predicted octanol–water partition coefficient (Wildman–Crippen LogP) is 2.25. The highest BCUT2D eigenvalue weighted by atomic mass is 16.5. The lowest BCUT2D eigenvalue weighted by Gasteiger charge is -2.33. The van der Waals surface area contributed by atoms with E-state index in [0.717, 1.165) is 26.1 Å². The van der Waals surface area contributed by atoms with Crippen molar-refractivity contribution in [1.29, 1.82) is 0 Å². The van der Waals surface area contributed by atoms with Crippen molar-refractivity contribution in [2.75, 3.05) is 19.8 Å². The second kappa shape index (κ2) is 5.61. The van der Waals surface area contributed by atoms with Gasteiger partial charge in [-0.15, -0.1) is 0 Å². The Morgan fingerprint density at radius 2 is 2.11 bits per heavy atom. The Labute approximate surface area is 113 Å². The molecule has 0 aromatic heterocycles. The van der Waals surface area contributed by atoms with Crippen LogP contribution in [0.3, 0.4) is 0 Å². The number of phenols is 1. The third kappa shape index (κ3) is 3.26. The molecule has 1 aliphatic heterocycles. The van der Waals surface area contributed by atoms with Gasteiger partial charge in [0.25, 0.3) is 5.91 Å². The summed E-state index contributed by atoms with van der Waals surface area (Å²) in [6.07, 6.45) is 1.90. The monoisotopic (exact) mass is 263 g/mol. The summed E-state index contributed by atoms with van der Waals surface area (Å²) in [4.78, 5) is 12.1. The maximum absolute atomic E-state index is 12.1. The molecule has 0 radical (unpaired) electrons. The molecule has 0 bridgehead atoms. The van der Waals surface area contributed by atoms with Gasteiger partial charge in [0, 0.05) is 19.8 Å². The number of hydrogen-bond donors (Lipinski definition) is 2. The smallest absolute Gasteiger partial charge is 0.255 e. The Balaban J connectivity index is 1.99. The Hall–Kier alpha value is -1.55. The molecule has 0 unspecified atom stereocenters. The quantitative estimate of drug-likeness (QED) is 0.879. The van der Waals surface area contributed by atoms with Crippen molar-refractivity contribution in [2.45, 2.75) is 26.7 Å². The number of carbonyl (C=O) groups excluding carboxylic acids is 1. The third-order valence-corrected chi connectivity index (χ3v) is 3.86. The Kier molecular flexibility index (Phi) is 4.10. The Morgan fingerprint density at radius 3 is 2.79 bits per heavy atom. The summed E-state index contributed by atoms with van der Waals surface area (Å²) >= 11 is 0. The number of rotatable bonds is 3. The number of aryl methyl sites for hydroxylation is 1. The fourth-order valence-corrected chi connectivity index (χ4v) is 2.27. The van der Waals surface area contributed by atoms with E-state index in [0.29, 0.717) is 17.7 Å². The average molecular weight is 263 g/mol. The first-order chi connectivity index (χ1) is 9.02. The normalized spacial score (nSPS) is 18.0. The molecule has 0 saturated carbocycles. The highest BCUT2D eigenvalue weighted by Gasteiger charge is 2.28. The molecule has 19 heavy (non-hydrogen) atoms. The van der Waals surface area contributed by atoms with Crippen molar-refractivity contribution in [3.05, 3.63) is 29.3 Å². The van der Waals surface area contributed by atoms with Crippen molar-refractivity contribution in [3.63, 3.8) is 0 Å². The van der Waals surface area contributed by atoms with E-state index in [9.17, 15) is 9.90 Å². The summed E-state index contributed by atoms with van der Waals surface area (Å²) in [6.45, 7) is 6.06. The van der Waals surface area contributed by atoms with Gasteiger partial charge in [-0.25, -0.2) is 0 Å². The van der Waals surface area contributed by atoms with Crippen LogP contribution in [0.1, 0.15) is 35.7 Å². The lowest BCUT2D eigenvalue weighted by Crippen LogP contribution is -2.39. The van der Waals surface area contributed by atoms with E-state index in [-0.39, 0.29) is 17.1 Å². The minimum Gasteiger partial charge on any atom is -0.507 e. The molecule has 4 heteroatoms. The van der Waals surface area contributed by atoms with Gasteiger partial charge in [0.15, 0.2) is 0 Å². The van der Waals surface area contributed by atoms with E-state index >= 15 is 0 Å². The number of amides is 1. The van der Waals surface area contributed by atoms with Gasteiger partial charge >= 0.3 is 0 Å². The molecule has 0 spiro atoms. The van der Waals surface area contributed by atoms with Crippen LogP contribution in [0.15, 0.2) is 18.2 Å². The molecular formula is C15H21NO3. The predicted molar refractivity (Wildman–Crippen MR) is 73.3 cm³/mol. The Morgan fingerprint density at radius 1 is 1.42 bits per heavy atom. The first-order valence-electron chi connectivity index (χ1n) is 6.66. The molecule has 0 aliphatic carbocycles. The highest BCUT2D eigenvalue weighted by Crippen LogP contribution is 2.29. The molecular weight excluding hydrogens is 242 g/mol. The number of benzene rings is 1. The lowest BCUT2D eigenvalue weighted by molar-refractivity contribution is 0.0238. The summed E-state index contributed by atoms with van der Waals surface area (Å²) < 4.78 is 5.34. The van der Waals surface area contributed by atoms with Gasteiger partial charge in [-0.05, 0) is 36.8 Å². The number of phenolic OH excluding ortho intramolecular Hbond substituents is 1. The average Bonchev–Trinajstić information content (AvgIpc) is 2.40. The van der Waals surface area contributed by atoms with Crippen LogP contribution in [0.5, 0.6) is 5.75 Å². The van der Waals surface area contributed by atoms with Crippen LogP contribution < -0.4 is 5.32 Å². The molecule has 1 amide bonds. The lowest BCUT2D eigenvalue weighted by atomic mass is 9.82. The molecule has 1 aromatic rings. The second-order valence-corrected chi connectivity index (χ2v) is 5.58. The van der Waals surface area contributed by atoms with E-state index in [1.165, 1.54) is 0 Å². The summed E-state index contributed by atoms with van der Waals surface area (Å²) in [7, 11) is 0. The molecule has 4 nitrogen and oxygen atoms in total. The minimum atomic E-state index is -0.214. The standard InChI is InChI=1S/C15H21NO3/c1-11-4-3-5-12(13(11)17)14(18)16-10-15(2)6-8-19-9-7-15/h3-5,17H,6-10H2,1-2H3,(H,16,18). The zero-order chi connectivity index (χ0) is 13.9. The van der Waals surface area contributed by atoms with Gasteiger partial charge in [-0.1, -0.05) is 19.1 Å². The van der Waals surface area contributed by atoms with E-state index in [1.54, 1.807) is 25.1 Å². The maximum atomic E-state index is 12.1. The SMILES string of the molecule is Cc1cccc(C(=O)NCC2(C)CCOCC2)c1O. The summed E-state index contributed by atoms with van der Waals surface area (Å²) in [5, 5.41) is 12.8. The zero-order valence-electron chi connectivity index (χ0n) is 11.5. The second-order valence-electron chi connectivity index (χ2n) is 5.58. The van der Waals surface area contributed by atoms with Crippen LogP contribution in [0.25, 0.3) is 0 Å². The largest absolute Gasteiger partial charge is 0.507 e. The van der Waals surface area contributed by atoms with Crippen molar-refractivity contribution in [3.8, 4) is 5.75 Å².